The molecule has 1 heterocycles. The molecule has 0 atom stereocenters. The third-order valence-electron chi connectivity index (χ3n) is 3.86. The van der Waals surface area contributed by atoms with Gasteiger partial charge in [-0.15, -0.1) is 0 Å². The molecule has 0 spiro atoms. The molecule has 0 saturated heterocycles. The largest absolute Gasteiger partial charge is 0.341 e. The third kappa shape index (κ3) is 1.51. The van der Waals surface area contributed by atoms with Crippen LogP contribution in [-0.4, -0.2) is 10.9 Å². The highest BCUT2D eigenvalue weighted by Gasteiger charge is 2.30. The molecule has 1 aromatic carbocycles. The summed E-state index contributed by atoms with van der Waals surface area (Å²) in [5.74, 6) is 0.617. The fourth-order valence-electron chi connectivity index (χ4n) is 2.70. The van der Waals surface area contributed by atoms with Gasteiger partial charge >= 0.3 is 0 Å². The summed E-state index contributed by atoms with van der Waals surface area (Å²) in [6.45, 7) is 2.17. The van der Waals surface area contributed by atoms with Crippen molar-refractivity contribution in [2.75, 3.05) is 0 Å². The lowest BCUT2D eigenvalue weighted by Gasteiger charge is -2.00. The number of aryl methyl sites for hydroxylation is 2. The van der Waals surface area contributed by atoms with E-state index in [1.807, 2.05) is 11.6 Å². The summed E-state index contributed by atoms with van der Waals surface area (Å²) in [4.78, 5) is 11.3. The molecule has 0 amide bonds. The highest BCUT2D eigenvalue weighted by Crippen LogP contribution is 2.45. The molecule has 88 valence electrons. The molecule has 2 heteroatoms. The van der Waals surface area contributed by atoms with Gasteiger partial charge in [-0.05, 0) is 48.4 Å². The van der Waals surface area contributed by atoms with Crippen molar-refractivity contribution < 1.29 is 4.79 Å². The van der Waals surface area contributed by atoms with Crippen molar-refractivity contribution in [1.82, 2.24) is 4.57 Å². The maximum absolute atomic E-state index is 11.3. The Morgan fingerprint density at radius 1 is 1.41 bits per heavy atom. The zero-order valence-corrected chi connectivity index (χ0v) is 10.4. The van der Waals surface area contributed by atoms with E-state index in [4.69, 9.17) is 0 Å². The Labute approximate surface area is 101 Å². The predicted octanol–water partition coefficient (Wildman–Crippen LogP) is 3.43. The van der Waals surface area contributed by atoms with Crippen LogP contribution >= 0.6 is 0 Å². The molecule has 1 fully saturated rings. The predicted molar refractivity (Wildman–Crippen MR) is 69.7 cm³/mol. The van der Waals surface area contributed by atoms with Crippen molar-refractivity contribution in [2.45, 2.75) is 32.1 Å². The molecule has 0 N–H and O–H groups in total. The SMILES string of the molecule is CCc1ccc2c(c1)c(C1CC1)c(C=O)n2C. The van der Waals surface area contributed by atoms with Gasteiger partial charge in [-0.25, -0.2) is 0 Å². The Morgan fingerprint density at radius 3 is 2.76 bits per heavy atom. The van der Waals surface area contributed by atoms with Crippen LogP contribution in [0.4, 0.5) is 0 Å². The van der Waals surface area contributed by atoms with Gasteiger partial charge in [-0.2, -0.15) is 0 Å². The monoisotopic (exact) mass is 227 g/mol. The van der Waals surface area contributed by atoms with Gasteiger partial charge in [-0.1, -0.05) is 13.0 Å². The van der Waals surface area contributed by atoms with E-state index in [-0.39, 0.29) is 0 Å². The minimum absolute atomic E-state index is 0.617. The minimum atomic E-state index is 0.617. The topological polar surface area (TPSA) is 22.0 Å². The highest BCUT2D eigenvalue weighted by atomic mass is 16.1. The van der Waals surface area contributed by atoms with Gasteiger partial charge in [-0.3, -0.25) is 4.79 Å². The van der Waals surface area contributed by atoms with E-state index >= 15 is 0 Å². The third-order valence-corrected chi connectivity index (χ3v) is 3.86. The van der Waals surface area contributed by atoms with E-state index in [1.54, 1.807) is 0 Å². The van der Waals surface area contributed by atoms with Crippen molar-refractivity contribution in [3.05, 3.63) is 35.0 Å². The Hall–Kier alpha value is -1.57. The number of nitrogens with zero attached hydrogens (tertiary/aromatic N) is 1. The fraction of sp³-hybridized carbons (Fsp3) is 0.400. The lowest BCUT2D eigenvalue weighted by molar-refractivity contribution is 0.111. The molecular weight excluding hydrogens is 210 g/mol. The summed E-state index contributed by atoms with van der Waals surface area (Å²) in [6.07, 6.45) is 4.53. The van der Waals surface area contributed by atoms with Crippen LogP contribution in [0, 0.1) is 0 Å². The summed E-state index contributed by atoms with van der Waals surface area (Å²) in [7, 11) is 1.99. The van der Waals surface area contributed by atoms with Crippen LogP contribution in [0.15, 0.2) is 18.2 Å². The molecule has 1 aliphatic carbocycles. The smallest absolute Gasteiger partial charge is 0.166 e. The molecule has 0 aliphatic heterocycles. The van der Waals surface area contributed by atoms with Crippen molar-refractivity contribution in [2.24, 2.45) is 7.05 Å². The van der Waals surface area contributed by atoms with Crippen LogP contribution in [0.3, 0.4) is 0 Å². The molecule has 1 aliphatic rings. The van der Waals surface area contributed by atoms with Crippen LogP contribution < -0.4 is 0 Å². The normalized spacial score (nSPS) is 15.4. The van der Waals surface area contributed by atoms with E-state index in [0.29, 0.717) is 5.92 Å². The first-order chi connectivity index (χ1) is 8.26. The molecule has 1 aromatic heterocycles. The van der Waals surface area contributed by atoms with Gasteiger partial charge < -0.3 is 4.57 Å². The minimum Gasteiger partial charge on any atom is -0.341 e. The number of aromatic nitrogens is 1. The summed E-state index contributed by atoms with van der Waals surface area (Å²) in [6, 6.07) is 6.57. The van der Waals surface area contributed by atoms with Gasteiger partial charge in [0.15, 0.2) is 6.29 Å². The second kappa shape index (κ2) is 3.73. The summed E-state index contributed by atoms with van der Waals surface area (Å²) < 4.78 is 2.04. The Morgan fingerprint density at radius 2 is 2.18 bits per heavy atom. The first kappa shape index (κ1) is 10.6. The average molecular weight is 227 g/mol. The van der Waals surface area contributed by atoms with Gasteiger partial charge in [0.25, 0.3) is 0 Å². The molecule has 1 saturated carbocycles. The Balaban J connectivity index is 2.35. The van der Waals surface area contributed by atoms with Gasteiger partial charge in [0, 0.05) is 18.0 Å². The average Bonchev–Trinajstić information content (AvgIpc) is 3.15. The number of carbonyl (C=O) groups excluding carboxylic acids is 1. The molecule has 17 heavy (non-hydrogen) atoms. The van der Waals surface area contributed by atoms with Crippen molar-refractivity contribution in [3.8, 4) is 0 Å². The molecule has 0 bridgehead atoms. The van der Waals surface area contributed by atoms with E-state index in [0.717, 1.165) is 18.4 Å². The molecule has 2 aromatic rings. The van der Waals surface area contributed by atoms with Gasteiger partial charge in [0.05, 0.1) is 5.69 Å². The second-order valence-corrected chi connectivity index (χ2v) is 4.96. The zero-order valence-electron chi connectivity index (χ0n) is 10.4. The Bertz CT molecular complexity index is 590. The molecule has 3 rings (SSSR count). The standard InChI is InChI=1S/C15H17NO/c1-3-10-4-7-13-12(8-10)15(11-5-6-11)14(9-17)16(13)2/h4,7-9,11H,3,5-6H2,1-2H3. The van der Waals surface area contributed by atoms with Gasteiger partial charge in [0.1, 0.15) is 0 Å². The molecule has 2 nitrogen and oxygen atoms in total. The van der Waals surface area contributed by atoms with E-state index in [1.165, 1.54) is 34.9 Å². The fourth-order valence-corrected chi connectivity index (χ4v) is 2.70. The van der Waals surface area contributed by atoms with Crippen LogP contribution in [-0.2, 0) is 13.5 Å². The van der Waals surface area contributed by atoms with Gasteiger partial charge in [0.2, 0.25) is 0 Å². The first-order valence-corrected chi connectivity index (χ1v) is 6.32. The van der Waals surface area contributed by atoms with Crippen molar-refractivity contribution >= 4 is 17.2 Å². The van der Waals surface area contributed by atoms with Crippen molar-refractivity contribution in [3.63, 3.8) is 0 Å². The Kier molecular flexibility index (Phi) is 2.32. The van der Waals surface area contributed by atoms with E-state index in [2.05, 4.69) is 25.1 Å². The molecular formula is C15H17NO. The number of hydrogen-bond acceptors (Lipinski definition) is 1. The van der Waals surface area contributed by atoms with Crippen LogP contribution in [0.5, 0.6) is 0 Å². The number of carbonyl (C=O) groups is 1. The highest BCUT2D eigenvalue weighted by molar-refractivity contribution is 5.94. The number of aldehydes is 1. The lowest BCUT2D eigenvalue weighted by Crippen LogP contribution is -1.96. The first-order valence-electron chi connectivity index (χ1n) is 6.32. The lowest BCUT2D eigenvalue weighted by atomic mass is 10.0. The summed E-state index contributed by atoms with van der Waals surface area (Å²) >= 11 is 0. The number of benzene rings is 1. The van der Waals surface area contributed by atoms with Crippen LogP contribution in [0.1, 0.15) is 47.3 Å². The number of fused-ring (bicyclic) bond motifs is 1. The summed E-state index contributed by atoms with van der Waals surface area (Å²) in [5.41, 5.74) is 4.69. The molecule has 0 radical (unpaired) electrons. The zero-order chi connectivity index (χ0) is 12.0. The van der Waals surface area contributed by atoms with E-state index < -0.39 is 0 Å². The van der Waals surface area contributed by atoms with Crippen LogP contribution in [0.2, 0.25) is 0 Å². The van der Waals surface area contributed by atoms with E-state index in [9.17, 15) is 4.79 Å². The summed E-state index contributed by atoms with van der Waals surface area (Å²) in [5, 5.41) is 1.29. The number of rotatable bonds is 3. The number of hydrogen-bond donors (Lipinski definition) is 0. The maximum Gasteiger partial charge on any atom is 0.166 e. The second-order valence-electron chi connectivity index (χ2n) is 4.96. The van der Waals surface area contributed by atoms with Crippen LogP contribution in [0.25, 0.3) is 10.9 Å². The quantitative estimate of drug-likeness (QED) is 0.736. The maximum atomic E-state index is 11.3. The van der Waals surface area contributed by atoms with Crippen molar-refractivity contribution in [1.29, 1.82) is 0 Å². The molecule has 0 unspecified atom stereocenters.